The molecule has 0 bridgehead atoms. The van der Waals surface area contributed by atoms with Gasteiger partial charge in [0.25, 0.3) is 0 Å². The lowest BCUT2D eigenvalue weighted by Gasteiger charge is -2.21. The molecule has 1 atom stereocenters. The Morgan fingerprint density at radius 1 is 0.969 bits per heavy atom. The fraction of sp³-hybridized carbons (Fsp3) is 0.269. The second kappa shape index (κ2) is 8.19. The molecule has 164 valence electrons. The van der Waals surface area contributed by atoms with Crippen LogP contribution in [0.2, 0.25) is 0 Å². The molecule has 0 aromatic heterocycles. The van der Waals surface area contributed by atoms with Gasteiger partial charge < -0.3 is 4.90 Å². The monoisotopic (exact) mass is 446 g/mol. The molecule has 1 aliphatic carbocycles. The number of benzene rings is 3. The Hall–Kier alpha value is -2.96. The van der Waals surface area contributed by atoms with E-state index in [-0.39, 0.29) is 16.7 Å². The minimum absolute atomic E-state index is 0.146. The van der Waals surface area contributed by atoms with Crippen LogP contribution < -0.4 is 9.62 Å². The summed E-state index contributed by atoms with van der Waals surface area (Å²) < 4.78 is 29.7. The lowest BCUT2D eigenvalue weighted by Crippen LogP contribution is -2.30. The van der Waals surface area contributed by atoms with Gasteiger partial charge in [-0.25, -0.2) is 8.42 Å². The van der Waals surface area contributed by atoms with E-state index in [0.717, 1.165) is 40.8 Å². The molecular formula is C26H26N2O3S. The summed E-state index contributed by atoms with van der Waals surface area (Å²) in [5.41, 5.74) is 4.63. The van der Waals surface area contributed by atoms with E-state index >= 15 is 0 Å². The number of rotatable bonds is 6. The Kier molecular flexibility index (Phi) is 5.35. The molecule has 1 fully saturated rings. The summed E-state index contributed by atoms with van der Waals surface area (Å²) >= 11 is 0. The molecule has 32 heavy (non-hydrogen) atoms. The lowest BCUT2D eigenvalue weighted by atomic mass is 9.99. The Labute approximate surface area is 189 Å². The van der Waals surface area contributed by atoms with Gasteiger partial charge in [-0.05, 0) is 61.1 Å². The van der Waals surface area contributed by atoms with Crippen molar-refractivity contribution in [1.82, 2.24) is 4.72 Å². The van der Waals surface area contributed by atoms with Crippen molar-refractivity contribution in [2.45, 2.75) is 37.1 Å². The third-order valence-corrected chi connectivity index (χ3v) is 7.69. The van der Waals surface area contributed by atoms with E-state index < -0.39 is 16.1 Å². The zero-order valence-electron chi connectivity index (χ0n) is 18.0. The van der Waals surface area contributed by atoms with Gasteiger partial charge in [-0.15, -0.1) is 0 Å². The number of carbonyl (C=O) groups is 1. The molecule has 1 aliphatic heterocycles. The first-order valence-corrected chi connectivity index (χ1v) is 12.5. The molecule has 5 nitrogen and oxygen atoms in total. The Bertz CT molecular complexity index is 1250. The molecule has 1 amide bonds. The average Bonchev–Trinajstić information content (AvgIpc) is 3.57. The van der Waals surface area contributed by atoms with E-state index in [1.807, 2.05) is 66.4 Å². The lowest BCUT2D eigenvalue weighted by molar-refractivity contribution is -0.119. The third-order valence-electron chi connectivity index (χ3n) is 6.27. The van der Waals surface area contributed by atoms with Crippen LogP contribution in [0.1, 0.15) is 41.1 Å². The summed E-state index contributed by atoms with van der Waals surface area (Å²) in [6, 6.07) is 22.1. The van der Waals surface area contributed by atoms with Crippen LogP contribution in [-0.2, 0) is 21.2 Å². The summed E-state index contributed by atoms with van der Waals surface area (Å²) in [6.07, 6.45) is 2.60. The van der Waals surface area contributed by atoms with Crippen molar-refractivity contribution in [3.8, 4) is 0 Å². The Morgan fingerprint density at radius 3 is 2.34 bits per heavy atom. The van der Waals surface area contributed by atoms with Crippen molar-refractivity contribution in [3.05, 3.63) is 95.1 Å². The standard InChI is InChI=1S/C26H26N2O3S/c1-18-7-9-20(10-8-18)25(19-5-3-2-4-6-19)27-32(30,31)23-13-14-24-22(17-23)15-16-28(24)26(29)21-11-12-21/h2-10,13-14,17,21,25,27H,11-12,15-16H2,1H3/t25-/m0/s1. The maximum absolute atomic E-state index is 13.4. The smallest absolute Gasteiger partial charge is 0.241 e. The van der Waals surface area contributed by atoms with E-state index in [2.05, 4.69) is 4.72 Å². The van der Waals surface area contributed by atoms with Gasteiger partial charge in [0.1, 0.15) is 0 Å². The van der Waals surface area contributed by atoms with Gasteiger partial charge in [0, 0.05) is 18.2 Å². The number of nitrogens with zero attached hydrogens (tertiary/aromatic N) is 1. The number of fused-ring (bicyclic) bond motifs is 1. The van der Waals surface area contributed by atoms with Crippen LogP contribution in [0.5, 0.6) is 0 Å². The predicted molar refractivity (Wildman–Crippen MR) is 125 cm³/mol. The Morgan fingerprint density at radius 2 is 1.66 bits per heavy atom. The van der Waals surface area contributed by atoms with Gasteiger partial charge in [-0.3, -0.25) is 4.79 Å². The third kappa shape index (κ3) is 4.08. The van der Waals surface area contributed by atoms with Crippen LogP contribution in [0.25, 0.3) is 0 Å². The normalized spacial score (nSPS) is 16.6. The number of carbonyl (C=O) groups excluding carboxylic acids is 1. The average molecular weight is 447 g/mol. The molecule has 1 heterocycles. The second-order valence-electron chi connectivity index (χ2n) is 8.68. The van der Waals surface area contributed by atoms with E-state index in [4.69, 9.17) is 0 Å². The quantitative estimate of drug-likeness (QED) is 0.612. The number of amides is 1. The molecule has 3 aromatic rings. The first-order chi connectivity index (χ1) is 15.4. The van der Waals surface area contributed by atoms with Crippen molar-refractivity contribution in [2.24, 2.45) is 5.92 Å². The van der Waals surface area contributed by atoms with Crippen molar-refractivity contribution in [3.63, 3.8) is 0 Å². The molecule has 0 unspecified atom stereocenters. The molecule has 1 N–H and O–H groups in total. The summed E-state index contributed by atoms with van der Waals surface area (Å²) in [5, 5.41) is 0. The van der Waals surface area contributed by atoms with Gasteiger partial charge in [0.15, 0.2) is 0 Å². The molecule has 0 spiro atoms. The van der Waals surface area contributed by atoms with Gasteiger partial charge in [0.2, 0.25) is 15.9 Å². The van der Waals surface area contributed by atoms with Crippen LogP contribution in [0.4, 0.5) is 5.69 Å². The minimum Gasteiger partial charge on any atom is -0.312 e. The molecule has 5 rings (SSSR count). The first-order valence-electron chi connectivity index (χ1n) is 11.0. The zero-order chi connectivity index (χ0) is 22.3. The van der Waals surface area contributed by atoms with E-state index in [9.17, 15) is 13.2 Å². The highest BCUT2D eigenvalue weighted by molar-refractivity contribution is 7.89. The fourth-order valence-corrected chi connectivity index (χ4v) is 5.54. The number of aryl methyl sites for hydroxylation is 1. The summed E-state index contributed by atoms with van der Waals surface area (Å²) in [7, 11) is -3.78. The molecule has 0 radical (unpaired) electrons. The van der Waals surface area contributed by atoms with E-state index in [0.29, 0.717) is 13.0 Å². The van der Waals surface area contributed by atoms with Crippen molar-refractivity contribution in [2.75, 3.05) is 11.4 Å². The van der Waals surface area contributed by atoms with Gasteiger partial charge in [-0.1, -0.05) is 60.2 Å². The van der Waals surface area contributed by atoms with Crippen LogP contribution in [0, 0.1) is 12.8 Å². The molecular weight excluding hydrogens is 420 g/mol. The zero-order valence-corrected chi connectivity index (χ0v) is 18.8. The van der Waals surface area contributed by atoms with Crippen LogP contribution in [-0.4, -0.2) is 20.9 Å². The fourth-order valence-electron chi connectivity index (χ4n) is 4.28. The highest BCUT2D eigenvalue weighted by Crippen LogP contribution is 2.37. The maximum Gasteiger partial charge on any atom is 0.241 e. The number of hydrogen-bond donors (Lipinski definition) is 1. The minimum atomic E-state index is -3.78. The van der Waals surface area contributed by atoms with Crippen LogP contribution in [0.15, 0.2) is 77.7 Å². The van der Waals surface area contributed by atoms with Gasteiger partial charge in [0.05, 0.1) is 10.9 Å². The summed E-state index contributed by atoms with van der Waals surface area (Å²) in [5.74, 6) is 0.313. The SMILES string of the molecule is Cc1ccc([C@@H](NS(=O)(=O)c2ccc3c(c2)CCN3C(=O)C2CC2)c2ccccc2)cc1. The van der Waals surface area contributed by atoms with E-state index in [1.54, 1.807) is 18.2 Å². The van der Waals surface area contributed by atoms with Crippen LogP contribution in [0.3, 0.4) is 0 Å². The maximum atomic E-state index is 13.4. The second-order valence-corrected chi connectivity index (χ2v) is 10.4. The van der Waals surface area contributed by atoms with E-state index in [1.165, 1.54) is 0 Å². The number of hydrogen-bond acceptors (Lipinski definition) is 3. The first kappa shape index (κ1) is 20.9. The molecule has 2 aliphatic rings. The molecule has 1 saturated carbocycles. The van der Waals surface area contributed by atoms with Crippen molar-refractivity contribution in [1.29, 1.82) is 0 Å². The Balaban J connectivity index is 1.45. The molecule has 3 aromatic carbocycles. The van der Waals surface area contributed by atoms with Gasteiger partial charge >= 0.3 is 0 Å². The highest BCUT2D eigenvalue weighted by atomic mass is 32.2. The van der Waals surface area contributed by atoms with Gasteiger partial charge in [-0.2, -0.15) is 4.72 Å². The molecule has 0 saturated heterocycles. The predicted octanol–water partition coefficient (Wildman–Crippen LogP) is 4.36. The van der Waals surface area contributed by atoms with Crippen LogP contribution >= 0.6 is 0 Å². The van der Waals surface area contributed by atoms with Crippen molar-refractivity contribution >= 4 is 21.6 Å². The summed E-state index contributed by atoms with van der Waals surface area (Å²) in [4.78, 5) is 14.6. The largest absolute Gasteiger partial charge is 0.312 e. The van der Waals surface area contributed by atoms with Crippen molar-refractivity contribution < 1.29 is 13.2 Å². The number of anilines is 1. The number of sulfonamides is 1. The highest BCUT2D eigenvalue weighted by Gasteiger charge is 2.37. The summed E-state index contributed by atoms with van der Waals surface area (Å²) in [6.45, 7) is 2.63. The number of nitrogens with one attached hydrogen (secondary N) is 1. The topological polar surface area (TPSA) is 66.5 Å². The molecule has 6 heteroatoms.